The lowest BCUT2D eigenvalue weighted by molar-refractivity contribution is 0.360. The van der Waals surface area contributed by atoms with E-state index in [-0.39, 0.29) is 12.4 Å². The van der Waals surface area contributed by atoms with Crippen molar-refractivity contribution in [3.05, 3.63) is 36.2 Å². The van der Waals surface area contributed by atoms with Crippen molar-refractivity contribution < 1.29 is 22.1 Å². The molecule has 0 unspecified atom stereocenters. The van der Waals surface area contributed by atoms with E-state index in [1.54, 1.807) is 19.1 Å². The molecule has 0 N–H and O–H groups in total. The molecular weight excluding hydrogens is 223 g/mol. The van der Waals surface area contributed by atoms with Crippen LogP contribution in [-0.2, 0) is 0 Å². The number of benzene rings is 1. The molecule has 1 rings (SSSR count). The van der Waals surface area contributed by atoms with Crippen LogP contribution in [0.5, 0.6) is 5.75 Å². The molecule has 0 bridgehead atoms. The van der Waals surface area contributed by atoms with Crippen molar-refractivity contribution in [2.75, 3.05) is 6.61 Å². The topological polar surface area (TPSA) is 9.23 Å². The minimum Gasteiger partial charge on any atom is -0.489 e. The molecule has 0 aliphatic heterocycles. The molecule has 0 radical (unpaired) electrons. The minimum atomic E-state index is -5.31. The zero-order valence-electron chi connectivity index (χ0n) is 8.59. The summed E-state index contributed by atoms with van der Waals surface area (Å²) in [6.45, 7) is -3.33. The van der Waals surface area contributed by atoms with Crippen molar-refractivity contribution in [1.29, 1.82) is 0 Å². The lowest BCUT2D eigenvalue weighted by atomic mass is 9.80. The van der Waals surface area contributed by atoms with Crippen LogP contribution in [0, 0.1) is 5.82 Å². The molecule has 0 aliphatic rings. The van der Waals surface area contributed by atoms with Crippen LogP contribution < -0.4 is 10.2 Å². The van der Waals surface area contributed by atoms with Crippen LogP contribution in [0.2, 0.25) is 0 Å². The first-order valence-electron chi connectivity index (χ1n) is 4.68. The molecule has 16 heavy (non-hydrogen) atoms. The summed E-state index contributed by atoms with van der Waals surface area (Å²) >= 11 is 0. The van der Waals surface area contributed by atoms with Crippen LogP contribution in [0.4, 0.5) is 17.3 Å². The average Bonchev–Trinajstić information content (AvgIpc) is 2.16. The smallest absolute Gasteiger partial charge is 0.489 e. The largest absolute Gasteiger partial charge is 0.512 e. The molecule has 0 saturated carbocycles. The van der Waals surface area contributed by atoms with Crippen LogP contribution in [-0.4, -0.2) is 13.6 Å². The molecule has 0 saturated heterocycles. The Bertz CT molecular complexity index is 387. The predicted molar refractivity (Wildman–Crippen MR) is 55.4 cm³/mol. The number of hydrogen-bond donors (Lipinski definition) is 0. The molecule has 88 valence electrons. The van der Waals surface area contributed by atoms with Crippen LogP contribution in [0.25, 0.3) is 0 Å². The lowest BCUT2D eigenvalue weighted by Gasteiger charge is -2.16. The Balaban J connectivity index is 2.83. The molecule has 0 atom stereocenters. The second-order valence-corrected chi connectivity index (χ2v) is 3.14. The Kier molecular flexibility index (Phi) is 3.98. The maximum Gasteiger partial charge on any atom is 0.512 e. The summed E-state index contributed by atoms with van der Waals surface area (Å²) in [6, 6.07) is 2.55. The highest BCUT2D eigenvalue weighted by atomic mass is 19.4. The first-order chi connectivity index (χ1) is 7.45. The predicted octanol–water partition coefficient (Wildman–Crippen LogP) is 2.84. The third-order valence-corrected chi connectivity index (χ3v) is 1.91. The monoisotopic (exact) mass is 233 g/mol. The first-order valence-corrected chi connectivity index (χ1v) is 4.68. The van der Waals surface area contributed by atoms with E-state index in [0.717, 1.165) is 12.1 Å². The molecule has 0 fully saturated rings. The number of rotatable bonds is 4. The van der Waals surface area contributed by atoms with E-state index in [4.69, 9.17) is 4.74 Å². The number of ether oxygens (including phenoxy) is 1. The summed E-state index contributed by atoms with van der Waals surface area (Å²) in [4.78, 5) is 0. The molecule has 1 aromatic rings. The SMILES string of the molecule is CC=CCOc1ccc([B-](F)(F)F)c(F)c1. The van der Waals surface area contributed by atoms with Crippen LogP contribution in [0.15, 0.2) is 30.4 Å². The molecule has 6 heteroatoms. The van der Waals surface area contributed by atoms with Gasteiger partial charge in [-0.25, -0.2) is 4.39 Å². The summed E-state index contributed by atoms with van der Waals surface area (Å²) in [6.07, 6.45) is 3.39. The Hall–Kier alpha value is -1.46. The van der Waals surface area contributed by atoms with E-state index >= 15 is 0 Å². The zero-order chi connectivity index (χ0) is 12.2. The third kappa shape index (κ3) is 3.29. The van der Waals surface area contributed by atoms with Crippen molar-refractivity contribution in [2.45, 2.75) is 6.92 Å². The van der Waals surface area contributed by atoms with Gasteiger partial charge in [-0.05, 0) is 13.0 Å². The minimum absolute atomic E-state index is 0.0828. The van der Waals surface area contributed by atoms with Gasteiger partial charge in [0.2, 0.25) is 0 Å². The van der Waals surface area contributed by atoms with E-state index < -0.39 is 18.3 Å². The van der Waals surface area contributed by atoms with Gasteiger partial charge >= 0.3 is 6.98 Å². The van der Waals surface area contributed by atoms with E-state index in [2.05, 4.69) is 0 Å². The Morgan fingerprint density at radius 3 is 2.50 bits per heavy atom. The van der Waals surface area contributed by atoms with Crippen LogP contribution in [0.3, 0.4) is 0 Å². The number of hydrogen-bond acceptors (Lipinski definition) is 1. The number of allylic oxidation sites excluding steroid dienone is 1. The molecule has 1 aromatic carbocycles. The number of halogens is 4. The average molecular weight is 233 g/mol. The lowest BCUT2D eigenvalue weighted by Crippen LogP contribution is -2.36. The first kappa shape index (κ1) is 12.6. The van der Waals surface area contributed by atoms with Crippen LogP contribution in [0.1, 0.15) is 6.92 Å². The highest BCUT2D eigenvalue weighted by molar-refractivity contribution is 6.73. The highest BCUT2D eigenvalue weighted by Crippen LogP contribution is 2.16. The normalized spacial score (nSPS) is 12.1. The van der Waals surface area contributed by atoms with E-state index in [0.29, 0.717) is 6.07 Å². The van der Waals surface area contributed by atoms with Gasteiger partial charge in [0.25, 0.3) is 0 Å². The maximum atomic E-state index is 13.1. The molecule has 0 aromatic heterocycles. The van der Waals surface area contributed by atoms with Gasteiger partial charge in [-0.2, -0.15) is 0 Å². The van der Waals surface area contributed by atoms with Crippen molar-refractivity contribution in [3.63, 3.8) is 0 Å². The van der Waals surface area contributed by atoms with Gasteiger partial charge in [-0.1, -0.05) is 23.7 Å². The van der Waals surface area contributed by atoms with E-state index in [9.17, 15) is 17.3 Å². The van der Waals surface area contributed by atoms with Gasteiger partial charge in [-0.15, -0.1) is 0 Å². The molecule has 0 heterocycles. The summed E-state index contributed by atoms with van der Waals surface area (Å²) in [5.74, 6) is -1.22. The Morgan fingerprint density at radius 2 is 2.00 bits per heavy atom. The van der Waals surface area contributed by atoms with Gasteiger partial charge in [0.15, 0.2) is 0 Å². The van der Waals surface area contributed by atoms with Gasteiger partial charge in [0, 0.05) is 6.07 Å². The summed E-state index contributed by atoms with van der Waals surface area (Å²) in [5, 5.41) is 0. The summed E-state index contributed by atoms with van der Waals surface area (Å²) in [5.41, 5.74) is -1.22. The second-order valence-electron chi connectivity index (χ2n) is 3.14. The molecule has 0 amide bonds. The fourth-order valence-corrected chi connectivity index (χ4v) is 1.10. The Labute approximate surface area is 90.8 Å². The Morgan fingerprint density at radius 1 is 1.31 bits per heavy atom. The molecule has 0 aliphatic carbocycles. The van der Waals surface area contributed by atoms with Gasteiger partial charge in [0.1, 0.15) is 12.4 Å². The van der Waals surface area contributed by atoms with Crippen molar-refractivity contribution in [2.24, 2.45) is 0 Å². The highest BCUT2D eigenvalue weighted by Gasteiger charge is 2.28. The fraction of sp³-hybridized carbons (Fsp3) is 0.200. The zero-order valence-corrected chi connectivity index (χ0v) is 8.59. The standard InChI is InChI=1S/C10H10BF4O/c1-2-3-6-16-8-4-5-9(10(12)7-8)11(13,14)15/h2-5,7H,6H2,1H3/q-1. The third-order valence-electron chi connectivity index (χ3n) is 1.91. The quantitative estimate of drug-likeness (QED) is 0.441. The van der Waals surface area contributed by atoms with Crippen LogP contribution >= 0.6 is 0 Å². The van der Waals surface area contributed by atoms with Crippen molar-refractivity contribution in [1.82, 2.24) is 0 Å². The summed E-state index contributed by atoms with van der Waals surface area (Å²) in [7, 11) is 0. The van der Waals surface area contributed by atoms with Gasteiger partial charge in [-0.3, -0.25) is 0 Å². The molecule has 1 nitrogen and oxygen atoms in total. The van der Waals surface area contributed by atoms with Crippen molar-refractivity contribution >= 4 is 12.4 Å². The summed E-state index contributed by atoms with van der Waals surface area (Å²) < 4.78 is 54.8. The second kappa shape index (κ2) is 5.05. The van der Waals surface area contributed by atoms with Crippen molar-refractivity contribution in [3.8, 4) is 5.75 Å². The molecular formula is C10H10BF4O-. The fourth-order valence-electron chi connectivity index (χ4n) is 1.10. The van der Waals surface area contributed by atoms with Gasteiger partial charge < -0.3 is 17.7 Å². The van der Waals surface area contributed by atoms with Gasteiger partial charge in [0.05, 0.1) is 5.82 Å². The molecule has 0 spiro atoms. The maximum absolute atomic E-state index is 13.1. The van der Waals surface area contributed by atoms with E-state index in [1.807, 2.05) is 0 Å². The van der Waals surface area contributed by atoms with E-state index in [1.165, 1.54) is 0 Å².